The van der Waals surface area contributed by atoms with Gasteiger partial charge in [-0.1, -0.05) is 94.4 Å². The summed E-state index contributed by atoms with van der Waals surface area (Å²) < 4.78 is 28.7. The molecule has 0 aliphatic carbocycles. The van der Waals surface area contributed by atoms with E-state index >= 15 is 0 Å². The van der Waals surface area contributed by atoms with Crippen LogP contribution in [0.2, 0.25) is 0 Å². The van der Waals surface area contributed by atoms with Gasteiger partial charge in [-0.15, -0.1) is 0 Å². The summed E-state index contributed by atoms with van der Waals surface area (Å²) in [6, 6.07) is 16.0. The third kappa shape index (κ3) is 14.0. The minimum Gasteiger partial charge on any atom is -0.445 e. The lowest BCUT2D eigenvalue weighted by atomic mass is 9.99. The van der Waals surface area contributed by atoms with Crippen molar-refractivity contribution in [1.29, 1.82) is 0 Å². The number of ether oxygens (including phenoxy) is 1. The number of hydrogen-bond donors (Lipinski definition) is 3. The summed E-state index contributed by atoms with van der Waals surface area (Å²) in [5, 5.41) is 9.43. The molecule has 3 N–H and O–H groups in total. The quantitative estimate of drug-likeness (QED) is 0.288. The molecule has 0 saturated carbocycles. The lowest BCUT2D eigenvalue weighted by molar-refractivity contribution is -0.130. The first-order valence-corrected chi connectivity index (χ1v) is 15.8. The van der Waals surface area contributed by atoms with Crippen molar-refractivity contribution in [2.45, 2.75) is 71.7 Å². The number of alkyl carbamates (subject to hydrolysis) is 1. The third-order valence-corrected chi connectivity index (χ3v) is 6.71. The molecule has 3 atom stereocenters. The van der Waals surface area contributed by atoms with Crippen molar-refractivity contribution < 1.29 is 27.5 Å². The van der Waals surface area contributed by atoms with Crippen molar-refractivity contribution in [3.63, 3.8) is 0 Å². The molecule has 10 heteroatoms. The molecule has 0 aliphatic heterocycles. The highest BCUT2D eigenvalue weighted by atomic mass is 32.2. The Bertz CT molecular complexity index is 1250. The summed E-state index contributed by atoms with van der Waals surface area (Å²) in [6.07, 6.45) is 2.85. The fraction of sp³-hybridized carbons (Fsp3) is 0.452. The minimum absolute atomic E-state index is 0.0446. The molecule has 0 aliphatic rings. The van der Waals surface area contributed by atoms with E-state index in [0.29, 0.717) is 12.8 Å². The van der Waals surface area contributed by atoms with Gasteiger partial charge < -0.3 is 20.7 Å². The summed E-state index contributed by atoms with van der Waals surface area (Å²) in [4.78, 5) is 39.6. The van der Waals surface area contributed by atoms with Crippen LogP contribution in [0.3, 0.4) is 0 Å². The zero-order valence-electron chi connectivity index (χ0n) is 24.5. The average Bonchev–Trinajstić information content (AvgIpc) is 2.90. The van der Waals surface area contributed by atoms with E-state index in [4.69, 9.17) is 4.74 Å². The molecule has 0 spiro atoms. The van der Waals surface area contributed by atoms with Gasteiger partial charge in [0.25, 0.3) is 0 Å². The van der Waals surface area contributed by atoms with Gasteiger partial charge in [-0.3, -0.25) is 9.59 Å². The number of amides is 3. The maximum atomic E-state index is 13.5. The smallest absolute Gasteiger partial charge is 0.408 e. The van der Waals surface area contributed by atoms with Crippen LogP contribution in [-0.4, -0.2) is 50.7 Å². The van der Waals surface area contributed by atoms with Crippen LogP contribution in [-0.2, 0) is 37.2 Å². The van der Waals surface area contributed by atoms with Crippen molar-refractivity contribution in [2.24, 2.45) is 11.8 Å². The topological polar surface area (TPSA) is 131 Å². The fourth-order valence-corrected chi connectivity index (χ4v) is 4.63. The first-order valence-electron chi connectivity index (χ1n) is 13.8. The van der Waals surface area contributed by atoms with Gasteiger partial charge in [0.05, 0.1) is 0 Å². The molecule has 2 aromatic rings. The standard InChI is InChI=1S/C31H43N3O6S/c1-22(2)18-26(16-17-41(5,38)39)32-29(35)27(19-23(3)4)33-30(36)28(20-24-12-8-6-9-13-24)34-31(37)40-21-25-14-10-7-11-15-25/h6-17,22-23,26-28H,18-21H2,1-5H3,(H,32,35)(H,33,36)(H,34,37)/b17-16+/t26-,27+,28+/m1/s1. The molecule has 3 amide bonds. The largest absolute Gasteiger partial charge is 0.445 e. The summed E-state index contributed by atoms with van der Waals surface area (Å²) in [6.45, 7) is 7.85. The summed E-state index contributed by atoms with van der Waals surface area (Å²) >= 11 is 0. The first kappa shape index (κ1) is 33.5. The number of hydrogen-bond acceptors (Lipinski definition) is 6. The Morgan fingerprint density at radius 3 is 1.83 bits per heavy atom. The van der Waals surface area contributed by atoms with Crippen LogP contribution >= 0.6 is 0 Å². The molecule has 0 radical (unpaired) electrons. The third-order valence-electron chi connectivity index (χ3n) is 6.06. The molecule has 9 nitrogen and oxygen atoms in total. The van der Waals surface area contributed by atoms with Gasteiger partial charge in [0.2, 0.25) is 11.8 Å². The van der Waals surface area contributed by atoms with Crippen LogP contribution in [0.5, 0.6) is 0 Å². The Labute approximate surface area is 244 Å². The minimum atomic E-state index is -3.38. The first-order chi connectivity index (χ1) is 19.3. The number of nitrogens with one attached hydrogen (secondary N) is 3. The molecule has 41 heavy (non-hydrogen) atoms. The van der Waals surface area contributed by atoms with E-state index in [9.17, 15) is 22.8 Å². The Morgan fingerprint density at radius 1 is 0.756 bits per heavy atom. The lowest BCUT2D eigenvalue weighted by Gasteiger charge is -2.26. The van der Waals surface area contributed by atoms with Crippen LogP contribution in [0.15, 0.2) is 72.1 Å². The highest BCUT2D eigenvalue weighted by Crippen LogP contribution is 2.12. The number of carbonyl (C=O) groups is 3. The van der Waals surface area contributed by atoms with Gasteiger partial charge >= 0.3 is 6.09 Å². The van der Waals surface area contributed by atoms with Gasteiger partial charge in [-0.2, -0.15) is 0 Å². The second-order valence-corrected chi connectivity index (χ2v) is 13.0. The highest BCUT2D eigenvalue weighted by Gasteiger charge is 2.29. The molecule has 224 valence electrons. The number of sulfone groups is 1. The number of rotatable bonds is 15. The van der Waals surface area contributed by atoms with Crippen molar-refractivity contribution in [3.05, 3.63) is 83.3 Å². The molecule has 0 heterocycles. The van der Waals surface area contributed by atoms with Crippen molar-refractivity contribution in [3.8, 4) is 0 Å². The lowest BCUT2D eigenvalue weighted by Crippen LogP contribution is -2.55. The second kappa shape index (κ2) is 16.6. The molecule has 0 fully saturated rings. The van der Waals surface area contributed by atoms with Gasteiger partial charge in [-0.05, 0) is 35.8 Å². The fourth-order valence-electron chi connectivity index (χ4n) is 4.16. The molecule has 0 aromatic heterocycles. The van der Waals surface area contributed by atoms with E-state index in [1.807, 2.05) is 88.4 Å². The Kier molecular flexibility index (Phi) is 13.6. The SMILES string of the molecule is CC(C)C[C@@H](/C=C/S(C)(=O)=O)NC(=O)[C@H](CC(C)C)NC(=O)[C@H](Cc1ccccc1)NC(=O)OCc1ccccc1. The molecule has 0 bridgehead atoms. The predicted octanol–water partition coefficient (Wildman–Crippen LogP) is 4.14. The average molecular weight is 586 g/mol. The van der Waals surface area contributed by atoms with E-state index in [1.165, 1.54) is 6.08 Å². The Balaban J connectivity index is 2.20. The number of benzene rings is 2. The zero-order chi connectivity index (χ0) is 30.4. The number of carbonyl (C=O) groups excluding carboxylic acids is 3. The normalized spacial score (nSPS) is 13.9. The molecule has 0 unspecified atom stereocenters. The van der Waals surface area contributed by atoms with E-state index in [0.717, 1.165) is 22.8 Å². The predicted molar refractivity (Wildman–Crippen MR) is 160 cm³/mol. The second-order valence-electron chi connectivity index (χ2n) is 11.0. The van der Waals surface area contributed by atoms with E-state index < -0.39 is 45.9 Å². The maximum Gasteiger partial charge on any atom is 0.408 e. The van der Waals surface area contributed by atoms with Crippen LogP contribution in [0.25, 0.3) is 0 Å². The van der Waals surface area contributed by atoms with Crippen LogP contribution < -0.4 is 16.0 Å². The summed E-state index contributed by atoms with van der Waals surface area (Å²) in [7, 11) is -3.38. The van der Waals surface area contributed by atoms with Gasteiger partial charge in [0, 0.05) is 24.1 Å². The van der Waals surface area contributed by atoms with Gasteiger partial charge in [0.15, 0.2) is 9.84 Å². The van der Waals surface area contributed by atoms with Gasteiger partial charge in [0.1, 0.15) is 18.7 Å². The van der Waals surface area contributed by atoms with E-state index in [1.54, 1.807) is 0 Å². The van der Waals surface area contributed by atoms with E-state index in [-0.39, 0.29) is 24.9 Å². The molecular weight excluding hydrogens is 542 g/mol. The Morgan fingerprint density at radius 2 is 1.29 bits per heavy atom. The van der Waals surface area contributed by atoms with Crippen molar-refractivity contribution in [2.75, 3.05) is 6.26 Å². The Hall–Kier alpha value is -3.66. The van der Waals surface area contributed by atoms with Crippen molar-refractivity contribution in [1.82, 2.24) is 16.0 Å². The van der Waals surface area contributed by atoms with E-state index in [2.05, 4.69) is 16.0 Å². The van der Waals surface area contributed by atoms with Gasteiger partial charge in [-0.25, -0.2) is 13.2 Å². The monoisotopic (exact) mass is 585 g/mol. The molecule has 2 rings (SSSR count). The van der Waals surface area contributed by atoms with Crippen LogP contribution in [0.1, 0.15) is 51.7 Å². The molecule has 2 aromatic carbocycles. The maximum absolute atomic E-state index is 13.5. The van der Waals surface area contributed by atoms with Crippen LogP contribution in [0, 0.1) is 11.8 Å². The summed E-state index contributed by atoms with van der Waals surface area (Å²) in [5.41, 5.74) is 1.63. The summed E-state index contributed by atoms with van der Waals surface area (Å²) in [5.74, 6) is -0.707. The highest BCUT2D eigenvalue weighted by molar-refractivity contribution is 7.93. The molecule has 0 saturated heterocycles. The van der Waals surface area contributed by atoms with Crippen LogP contribution in [0.4, 0.5) is 4.79 Å². The zero-order valence-corrected chi connectivity index (χ0v) is 25.3. The van der Waals surface area contributed by atoms with Crippen molar-refractivity contribution >= 4 is 27.7 Å². The molecular formula is C31H43N3O6S.